The Hall–Kier alpha value is -2.95. The van der Waals surface area contributed by atoms with E-state index in [1.165, 1.54) is 24.4 Å². The van der Waals surface area contributed by atoms with Crippen LogP contribution in [0.25, 0.3) is 0 Å². The lowest BCUT2D eigenvalue weighted by molar-refractivity contribution is -0.384. The number of hydrogen-bond acceptors (Lipinski definition) is 4. The minimum absolute atomic E-state index is 0.00589. The zero-order chi connectivity index (χ0) is 16.1. The van der Waals surface area contributed by atoms with Crippen LogP contribution in [0.1, 0.15) is 21.5 Å². The molecule has 1 N–H and O–H groups in total. The summed E-state index contributed by atoms with van der Waals surface area (Å²) in [5, 5.41) is 13.7. The number of aryl methyl sites for hydroxylation is 2. The van der Waals surface area contributed by atoms with Gasteiger partial charge in [0.15, 0.2) is 5.78 Å². The highest BCUT2D eigenvalue weighted by molar-refractivity contribution is 6.04. The third-order valence-electron chi connectivity index (χ3n) is 3.24. The van der Waals surface area contributed by atoms with Gasteiger partial charge < -0.3 is 5.32 Å². The van der Waals surface area contributed by atoms with Crippen molar-refractivity contribution >= 4 is 17.2 Å². The maximum atomic E-state index is 12.0. The number of rotatable bonds is 5. The average Bonchev–Trinajstić information content (AvgIpc) is 2.49. The normalized spacial score (nSPS) is 10.6. The molecule has 22 heavy (non-hydrogen) atoms. The van der Waals surface area contributed by atoms with Crippen LogP contribution in [0, 0.1) is 24.0 Å². The Balaban J connectivity index is 2.09. The minimum atomic E-state index is -0.453. The van der Waals surface area contributed by atoms with Crippen molar-refractivity contribution in [2.24, 2.45) is 0 Å². The molecule has 0 aliphatic rings. The summed E-state index contributed by atoms with van der Waals surface area (Å²) in [6.07, 6.45) is 2.90. The zero-order valence-electron chi connectivity index (χ0n) is 12.4. The predicted octanol–water partition coefficient (Wildman–Crippen LogP) is 4.02. The summed E-state index contributed by atoms with van der Waals surface area (Å²) in [6, 6.07) is 11.8. The van der Waals surface area contributed by atoms with E-state index in [0.717, 1.165) is 11.1 Å². The van der Waals surface area contributed by atoms with Crippen LogP contribution in [-0.4, -0.2) is 10.7 Å². The Bertz CT molecular complexity index is 734. The first-order chi connectivity index (χ1) is 10.5. The zero-order valence-corrected chi connectivity index (χ0v) is 12.4. The number of nitro benzene ring substituents is 1. The van der Waals surface area contributed by atoms with E-state index in [1.807, 2.05) is 26.0 Å². The molecule has 5 nitrogen and oxygen atoms in total. The Morgan fingerprint density at radius 3 is 2.45 bits per heavy atom. The van der Waals surface area contributed by atoms with E-state index in [2.05, 4.69) is 5.32 Å². The molecular weight excluding hydrogens is 280 g/mol. The standard InChI is InChI=1S/C17H16N2O3/c1-12-3-6-14(7-4-12)17(20)9-10-18-16-11-15(19(21)22)8-5-13(16)2/h3-11,18H,1-2H3. The molecule has 2 aromatic rings. The lowest BCUT2D eigenvalue weighted by atomic mass is 10.1. The Labute approximate surface area is 128 Å². The van der Waals surface area contributed by atoms with E-state index in [4.69, 9.17) is 0 Å². The van der Waals surface area contributed by atoms with E-state index in [9.17, 15) is 14.9 Å². The number of allylic oxidation sites excluding steroid dienone is 1. The first-order valence-corrected chi connectivity index (χ1v) is 6.76. The van der Waals surface area contributed by atoms with Crippen LogP contribution in [0.3, 0.4) is 0 Å². The monoisotopic (exact) mass is 296 g/mol. The van der Waals surface area contributed by atoms with Crippen LogP contribution in [0.4, 0.5) is 11.4 Å². The molecule has 0 aliphatic heterocycles. The van der Waals surface area contributed by atoms with E-state index < -0.39 is 4.92 Å². The molecule has 0 saturated heterocycles. The van der Waals surface area contributed by atoms with Crippen molar-refractivity contribution in [2.45, 2.75) is 13.8 Å². The van der Waals surface area contributed by atoms with Crippen molar-refractivity contribution in [3.8, 4) is 0 Å². The van der Waals surface area contributed by atoms with Crippen LogP contribution in [0.15, 0.2) is 54.7 Å². The summed E-state index contributed by atoms with van der Waals surface area (Å²) >= 11 is 0. The summed E-state index contributed by atoms with van der Waals surface area (Å²) in [5.74, 6) is -0.129. The van der Waals surface area contributed by atoms with Gasteiger partial charge in [-0.15, -0.1) is 0 Å². The quantitative estimate of drug-likeness (QED) is 0.391. The van der Waals surface area contributed by atoms with Crippen molar-refractivity contribution in [3.63, 3.8) is 0 Å². The first-order valence-electron chi connectivity index (χ1n) is 6.76. The van der Waals surface area contributed by atoms with Gasteiger partial charge in [0, 0.05) is 35.7 Å². The summed E-state index contributed by atoms with van der Waals surface area (Å²) in [7, 11) is 0. The van der Waals surface area contributed by atoms with Crippen molar-refractivity contribution < 1.29 is 9.72 Å². The molecule has 2 aromatic carbocycles. The highest BCUT2D eigenvalue weighted by Gasteiger charge is 2.07. The molecule has 0 unspecified atom stereocenters. The number of carbonyl (C=O) groups is 1. The lowest BCUT2D eigenvalue weighted by Crippen LogP contribution is -1.98. The molecule has 0 aromatic heterocycles. The molecule has 0 saturated carbocycles. The number of nitrogens with zero attached hydrogens (tertiary/aromatic N) is 1. The fourth-order valence-corrected chi connectivity index (χ4v) is 1.90. The average molecular weight is 296 g/mol. The van der Waals surface area contributed by atoms with E-state index in [-0.39, 0.29) is 11.5 Å². The number of ketones is 1. The number of nitrogens with one attached hydrogen (secondary N) is 1. The third kappa shape index (κ3) is 3.79. The van der Waals surface area contributed by atoms with Gasteiger partial charge in [0.2, 0.25) is 0 Å². The predicted molar refractivity (Wildman–Crippen MR) is 86.1 cm³/mol. The van der Waals surface area contributed by atoms with Crippen LogP contribution < -0.4 is 5.32 Å². The van der Waals surface area contributed by atoms with Gasteiger partial charge in [-0.05, 0) is 19.4 Å². The van der Waals surface area contributed by atoms with Gasteiger partial charge in [-0.25, -0.2) is 0 Å². The fourth-order valence-electron chi connectivity index (χ4n) is 1.90. The number of hydrogen-bond donors (Lipinski definition) is 1. The lowest BCUT2D eigenvalue weighted by Gasteiger charge is -2.05. The van der Waals surface area contributed by atoms with Gasteiger partial charge in [-0.1, -0.05) is 35.9 Å². The fraction of sp³-hybridized carbons (Fsp3) is 0.118. The summed E-state index contributed by atoms with van der Waals surface area (Å²) < 4.78 is 0. The Kier molecular flexibility index (Phi) is 4.68. The van der Waals surface area contributed by atoms with Crippen LogP contribution in [0.2, 0.25) is 0 Å². The molecule has 0 bridgehead atoms. The van der Waals surface area contributed by atoms with Gasteiger partial charge in [-0.2, -0.15) is 0 Å². The number of non-ortho nitro benzene ring substituents is 1. The summed E-state index contributed by atoms with van der Waals surface area (Å²) in [4.78, 5) is 22.3. The SMILES string of the molecule is Cc1ccc(C(=O)C=CNc2cc([N+](=O)[O-])ccc2C)cc1. The highest BCUT2D eigenvalue weighted by atomic mass is 16.6. The van der Waals surface area contributed by atoms with Gasteiger partial charge in [0.1, 0.15) is 0 Å². The molecular formula is C17H16N2O3. The topological polar surface area (TPSA) is 72.2 Å². The largest absolute Gasteiger partial charge is 0.361 e. The summed E-state index contributed by atoms with van der Waals surface area (Å²) in [5.41, 5.74) is 3.15. The summed E-state index contributed by atoms with van der Waals surface area (Å²) in [6.45, 7) is 3.79. The molecule has 0 radical (unpaired) electrons. The third-order valence-corrected chi connectivity index (χ3v) is 3.24. The maximum Gasteiger partial charge on any atom is 0.271 e. The number of anilines is 1. The molecule has 112 valence electrons. The number of benzene rings is 2. The van der Waals surface area contributed by atoms with Crippen molar-refractivity contribution in [1.82, 2.24) is 0 Å². The molecule has 0 heterocycles. The first kappa shape index (κ1) is 15.4. The van der Waals surface area contributed by atoms with Crippen LogP contribution in [-0.2, 0) is 0 Å². The maximum absolute atomic E-state index is 12.0. The minimum Gasteiger partial charge on any atom is -0.361 e. The second-order valence-corrected chi connectivity index (χ2v) is 4.96. The Morgan fingerprint density at radius 2 is 1.82 bits per heavy atom. The smallest absolute Gasteiger partial charge is 0.271 e. The number of carbonyl (C=O) groups excluding carboxylic acids is 1. The van der Waals surface area contributed by atoms with Gasteiger partial charge >= 0.3 is 0 Å². The van der Waals surface area contributed by atoms with Crippen LogP contribution >= 0.6 is 0 Å². The van der Waals surface area contributed by atoms with E-state index in [0.29, 0.717) is 11.3 Å². The van der Waals surface area contributed by atoms with Crippen molar-refractivity contribution in [3.05, 3.63) is 81.5 Å². The second-order valence-electron chi connectivity index (χ2n) is 4.96. The Morgan fingerprint density at radius 1 is 1.14 bits per heavy atom. The molecule has 5 heteroatoms. The second kappa shape index (κ2) is 6.67. The van der Waals surface area contributed by atoms with E-state index in [1.54, 1.807) is 18.2 Å². The van der Waals surface area contributed by atoms with Crippen LogP contribution in [0.5, 0.6) is 0 Å². The molecule has 0 aliphatic carbocycles. The van der Waals surface area contributed by atoms with Gasteiger partial charge in [0.25, 0.3) is 5.69 Å². The molecule has 2 rings (SSSR count). The highest BCUT2D eigenvalue weighted by Crippen LogP contribution is 2.21. The molecule has 0 spiro atoms. The molecule has 0 atom stereocenters. The number of nitro groups is 1. The van der Waals surface area contributed by atoms with Gasteiger partial charge in [0.05, 0.1) is 4.92 Å². The van der Waals surface area contributed by atoms with Gasteiger partial charge in [-0.3, -0.25) is 14.9 Å². The van der Waals surface area contributed by atoms with Crippen molar-refractivity contribution in [1.29, 1.82) is 0 Å². The van der Waals surface area contributed by atoms with Crippen molar-refractivity contribution in [2.75, 3.05) is 5.32 Å². The molecule has 0 fully saturated rings. The molecule has 0 amide bonds. The van der Waals surface area contributed by atoms with E-state index >= 15 is 0 Å².